The normalized spacial score (nSPS) is 11.2. The molecular formula is C27H24F3N5O3. The number of nitrogens with zero attached hydrogens (tertiary/aromatic N) is 4. The second-order valence-electron chi connectivity index (χ2n) is 8.69. The number of alkyl halides is 3. The lowest BCUT2D eigenvalue weighted by Crippen LogP contribution is -2.27. The zero-order valence-corrected chi connectivity index (χ0v) is 20.8. The number of ether oxygens (including phenoxy) is 1. The quantitative estimate of drug-likeness (QED) is 0.369. The van der Waals surface area contributed by atoms with Crippen molar-refractivity contribution in [2.75, 3.05) is 26.0 Å². The van der Waals surface area contributed by atoms with Gasteiger partial charge in [-0.25, -0.2) is 4.68 Å². The average molecular weight is 524 g/mol. The highest BCUT2D eigenvalue weighted by Crippen LogP contribution is 2.30. The molecule has 0 aliphatic rings. The van der Waals surface area contributed by atoms with Crippen molar-refractivity contribution >= 4 is 17.5 Å². The first-order valence-electron chi connectivity index (χ1n) is 11.4. The fourth-order valence-corrected chi connectivity index (χ4v) is 3.51. The Hall–Kier alpha value is -4.67. The van der Waals surface area contributed by atoms with Crippen molar-refractivity contribution < 1.29 is 27.5 Å². The molecule has 0 saturated carbocycles. The Morgan fingerprint density at radius 2 is 1.82 bits per heavy atom. The number of pyridine rings is 1. The Morgan fingerprint density at radius 3 is 2.55 bits per heavy atom. The number of hydrogen-bond acceptors (Lipinski definition) is 5. The van der Waals surface area contributed by atoms with Crippen molar-refractivity contribution in [3.05, 3.63) is 90.0 Å². The number of anilines is 1. The molecule has 0 saturated heterocycles. The van der Waals surface area contributed by atoms with Gasteiger partial charge in [-0.1, -0.05) is 12.1 Å². The molecule has 2 heterocycles. The molecule has 4 aromatic rings. The number of hydrogen-bond donors (Lipinski definition) is 1. The minimum Gasteiger partial charge on any atom is -0.482 e. The van der Waals surface area contributed by atoms with E-state index in [2.05, 4.69) is 15.4 Å². The first-order valence-corrected chi connectivity index (χ1v) is 11.4. The van der Waals surface area contributed by atoms with Crippen molar-refractivity contribution in [2.24, 2.45) is 0 Å². The van der Waals surface area contributed by atoms with Gasteiger partial charge in [0.2, 0.25) is 0 Å². The lowest BCUT2D eigenvalue weighted by molar-refractivity contribution is -0.137. The van der Waals surface area contributed by atoms with Crippen molar-refractivity contribution in [3.8, 4) is 22.6 Å². The SMILES string of the molecule is Cc1ccc(NC(=O)c2cccc(C(F)(F)F)c2)cc1-n1cc(-c2cncc(OCC(=O)N(C)C)c2)cn1. The minimum atomic E-state index is -4.55. The first kappa shape index (κ1) is 26.4. The van der Waals surface area contributed by atoms with Gasteiger partial charge in [-0.15, -0.1) is 0 Å². The number of aryl methyl sites for hydroxylation is 1. The van der Waals surface area contributed by atoms with Crippen LogP contribution in [0.3, 0.4) is 0 Å². The number of carbonyl (C=O) groups excluding carboxylic acids is 2. The van der Waals surface area contributed by atoms with Crippen LogP contribution in [0.15, 0.2) is 73.3 Å². The Kier molecular flexibility index (Phi) is 7.47. The van der Waals surface area contributed by atoms with Gasteiger partial charge in [-0.2, -0.15) is 18.3 Å². The summed E-state index contributed by atoms with van der Waals surface area (Å²) in [6.07, 6.45) is 2.01. The van der Waals surface area contributed by atoms with Gasteiger partial charge in [0.15, 0.2) is 6.61 Å². The average Bonchev–Trinajstić information content (AvgIpc) is 3.38. The second-order valence-corrected chi connectivity index (χ2v) is 8.69. The van der Waals surface area contributed by atoms with Crippen molar-refractivity contribution in [1.82, 2.24) is 19.7 Å². The standard InChI is InChI=1S/C27H24F3N5O3/c1-17-7-8-22(33-26(37)18-5-4-6-21(9-18)27(28,29)30)11-24(17)35-15-20(13-32-35)19-10-23(14-31-12-19)38-16-25(36)34(2)3/h4-15H,16H2,1-3H3,(H,33,37). The van der Waals surface area contributed by atoms with Crippen molar-refractivity contribution in [1.29, 1.82) is 0 Å². The van der Waals surface area contributed by atoms with Crippen LogP contribution in [0.4, 0.5) is 18.9 Å². The molecule has 1 N–H and O–H groups in total. The van der Waals surface area contributed by atoms with E-state index in [0.717, 1.165) is 28.8 Å². The molecule has 2 aromatic heterocycles. The fourth-order valence-electron chi connectivity index (χ4n) is 3.51. The number of carbonyl (C=O) groups is 2. The molecule has 0 radical (unpaired) electrons. The van der Waals surface area contributed by atoms with Crippen LogP contribution in [-0.2, 0) is 11.0 Å². The molecule has 196 valence electrons. The summed E-state index contributed by atoms with van der Waals surface area (Å²) < 4.78 is 46.2. The van der Waals surface area contributed by atoms with E-state index < -0.39 is 17.6 Å². The van der Waals surface area contributed by atoms with E-state index in [1.807, 2.05) is 6.92 Å². The van der Waals surface area contributed by atoms with Gasteiger partial charge in [0.25, 0.3) is 11.8 Å². The van der Waals surface area contributed by atoms with Crippen LogP contribution in [0, 0.1) is 6.92 Å². The number of benzene rings is 2. The van der Waals surface area contributed by atoms with E-state index >= 15 is 0 Å². The van der Waals surface area contributed by atoms with E-state index in [-0.39, 0.29) is 18.1 Å². The predicted octanol–water partition coefficient (Wildman–Crippen LogP) is 4.98. The molecule has 38 heavy (non-hydrogen) atoms. The van der Waals surface area contributed by atoms with Crippen molar-refractivity contribution in [2.45, 2.75) is 13.1 Å². The van der Waals surface area contributed by atoms with Crippen LogP contribution in [0.25, 0.3) is 16.8 Å². The summed E-state index contributed by atoms with van der Waals surface area (Å²) in [6.45, 7) is 1.75. The number of amides is 2. The lowest BCUT2D eigenvalue weighted by Gasteiger charge is -2.12. The van der Waals surface area contributed by atoms with Gasteiger partial charge >= 0.3 is 6.18 Å². The molecule has 0 spiro atoms. The second kappa shape index (κ2) is 10.8. The maximum absolute atomic E-state index is 13.0. The van der Waals surface area contributed by atoms with Crippen LogP contribution >= 0.6 is 0 Å². The monoisotopic (exact) mass is 523 g/mol. The molecule has 0 atom stereocenters. The van der Waals surface area contributed by atoms with E-state index in [1.165, 1.54) is 23.2 Å². The van der Waals surface area contributed by atoms with Crippen LogP contribution in [-0.4, -0.2) is 52.2 Å². The molecule has 4 rings (SSSR count). The number of likely N-dealkylation sites (N-methyl/N-ethyl adjacent to an activating group) is 1. The van der Waals surface area contributed by atoms with Crippen LogP contribution in [0.5, 0.6) is 5.75 Å². The summed E-state index contributed by atoms with van der Waals surface area (Å²) in [4.78, 5) is 30.0. The zero-order valence-electron chi connectivity index (χ0n) is 20.8. The lowest BCUT2D eigenvalue weighted by atomic mass is 10.1. The Morgan fingerprint density at radius 1 is 1.03 bits per heavy atom. The van der Waals surface area contributed by atoms with Gasteiger partial charge in [-0.3, -0.25) is 14.6 Å². The highest BCUT2D eigenvalue weighted by Gasteiger charge is 2.30. The fraction of sp³-hybridized carbons (Fsp3) is 0.185. The van der Waals surface area contributed by atoms with E-state index in [4.69, 9.17) is 4.74 Å². The number of halogens is 3. The van der Waals surface area contributed by atoms with Gasteiger partial charge in [-0.05, 0) is 48.9 Å². The van der Waals surface area contributed by atoms with Gasteiger partial charge in [0.1, 0.15) is 5.75 Å². The molecule has 0 bridgehead atoms. The van der Waals surface area contributed by atoms with Crippen LogP contribution < -0.4 is 10.1 Å². The molecular weight excluding hydrogens is 499 g/mol. The maximum Gasteiger partial charge on any atom is 0.416 e. The van der Waals surface area contributed by atoms with Gasteiger partial charge in [0.05, 0.1) is 23.6 Å². The Labute approximate surface area is 216 Å². The molecule has 0 aliphatic heterocycles. The topological polar surface area (TPSA) is 89.3 Å². The third kappa shape index (κ3) is 6.17. The number of rotatable bonds is 7. The van der Waals surface area contributed by atoms with Gasteiger partial charge < -0.3 is 15.0 Å². The molecule has 2 amide bonds. The molecule has 0 unspecified atom stereocenters. The third-order valence-corrected chi connectivity index (χ3v) is 5.66. The van der Waals surface area contributed by atoms with E-state index in [1.54, 1.807) is 61.6 Å². The van der Waals surface area contributed by atoms with Gasteiger partial charge in [0, 0.05) is 48.9 Å². The Balaban J connectivity index is 1.53. The maximum atomic E-state index is 13.0. The first-order chi connectivity index (χ1) is 18.0. The zero-order chi connectivity index (χ0) is 27.4. The summed E-state index contributed by atoms with van der Waals surface area (Å²) in [5.41, 5.74) is 2.37. The summed E-state index contributed by atoms with van der Waals surface area (Å²) in [5, 5.41) is 7.06. The van der Waals surface area contributed by atoms with Crippen LogP contribution in [0.1, 0.15) is 21.5 Å². The third-order valence-electron chi connectivity index (χ3n) is 5.66. The van der Waals surface area contributed by atoms with E-state index in [0.29, 0.717) is 17.1 Å². The minimum absolute atomic E-state index is 0.106. The smallest absolute Gasteiger partial charge is 0.416 e. The molecule has 11 heteroatoms. The largest absolute Gasteiger partial charge is 0.482 e. The van der Waals surface area contributed by atoms with Crippen LogP contribution in [0.2, 0.25) is 0 Å². The summed E-state index contributed by atoms with van der Waals surface area (Å²) in [7, 11) is 3.28. The predicted molar refractivity (Wildman–Crippen MR) is 135 cm³/mol. The summed E-state index contributed by atoms with van der Waals surface area (Å²) in [5.74, 6) is -0.414. The number of nitrogens with one attached hydrogen (secondary N) is 1. The number of aromatic nitrogens is 3. The molecule has 2 aromatic carbocycles. The highest BCUT2D eigenvalue weighted by molar-refractivity contribution is 6.04. The molecule has 8 nitrogen and oxygen atoms in total. The van der Waals surface area contributed by atoms with E-state index in [9.17, 15) is 22.8 Å². The summed E-state index contributed by atoms with van der Waals surface area (Å²) >= 11 is 0. The van der Waals surface area contributed by atoms with Crippen molar-refractivity contribution in [3.63, 3.8) is 0 Å². The highest BCUT2D eigenvalue weighted by atomic mass is 19.4. The molecule has 0 aliphatic carbocycles. The Bertz CT molecular complexity index is 1480. The summed E-state index contributed by atoms with van der Waals surface area (Å²) in [6, 6.07) is 11.1. The molecule has 0 fully saturated rings.